The van der Waals surface area contributed by atoms with Crippen molar-refractivity contribution in [1.82, 2.24) is 0 Å². The van der Waals surface area contributed by atoms with Crippen molar-refractivity contribution < 1.29 is 35.6 Å². The molecule has 0 bridgehead atoms. The molecule has 0 fully saturated rings. The molecule has 140 valence electrons. The molecule has 0 spiro atoms. The van der Waals surface area contributed by atoms with Gasteiger partial charge in [0, 0.05) is 6.42 Å². The smallest absolute Gasteiger partial charge is 0.306 e. The molecule has 0 aliphatic rings. The predicted molar refractivity (Wildman–Crippen MR) is 81.9 cm³/mol. The van der Waals surface area contributed by atoms with E-state index in [0.29, 0.717) is 12.8 Å². The second-order valence-electron chi connectivity index (χ2n) is 4.77. The van der Waals surface area contributed by atoms with E-state index in [9.17, 15) is 26.5 Å². The number of alkyl halides is 5. The Morgan fingerprint density at radius 3 is 1.92 bits per heavy atom. The first-order valence-corrected chi connectivity index (χ1v) is 9.06. The third-order valence-corrected chi connectivity index (χ3v) is 5.15. The summed E-state index contributed by atoms with van der Waals surface area (Å²) in [5, 5.41) is -0.822. The van der Waals surface area contributed by atoms with Crippen LogP contribution in [0.2, 0.25) is 0 Å². The third-order valence-electron chi connectivity index (χ3n) is 2.91. The summed E-state index contributed by atoms with van der Waals surface area (Å²) in [5.74, 6) is -1.12. The fourth-order valence-electron chi connectivity index (χ4n) is 1.66. The van der Waals surface area contributed by atoms with Gasteiger partial charge in [-0.2, -0.15) is 22.0 Å². The molecule has 24 heavy (non-hydrogen) atoms. The van der Waals surface area contributed by atoms with E-state index < -0.39 is 30.6 Å². The van der Waals surface area contributed by atoms with Crippen LogP contribution in [0.1, 0.15) is 47.0 Å². The van der Waals surface area contributed by atoms with Crippen molar-refractivity contribution in [3.8, 4) is 11.8 Å². The van der Waals surface area contributed by atoms with Gasteiger partial charge in [0.05, 0.1) is 24.1 Å². The van der Waals surface area contributed by atoms with Crippen molar-refractivity contribution in [2.45, 2.75) is 59.1 Å². The average molecular weight is 376 g/mol. The van der Waals surface area contributed by atoms with Crippen LogP contribution >= 0.6 is 7.60 Å². The first-order chi connectivity index (χ1) is 11.0. The maximum atomic E-state index is 13.8. The summed E-state index contributed by atoms with van der Waals surface area (Å²) in [6, 6.07) is 0. The molecule has 0 heterocycles. The molecule has 0 amide bonds. The molecule has 9 heteroatoms. The zero-order valence-electron chi connectivity index (χ0n) is 14.1. The van der Waals surface area contributed by atoms with Crippen molar-refractivity contribution in [3.63, 3.8) is 0 Å². The van der Waals surface area contributed by atoms with Gasteiger partial charge < -0.3 is 9.05 Å². The Kier molecular flexibility index (Phi) is 9.19. The Balaban J connectivity index is 6.24. The third kappa shape index (κ3) is 5.87. The largest absolute Gasteiger partial charge is 0.458 e. The highest BCUT2D eigenvalue weighted by molar-refractivity contribution is 7.58. The molecule has 0 N–H and O–H groups in total. The zero-order valence-corrected chi connectivity index (χ0v) is 15.0. The van der Waals surface area contributed by atoms with Gasteiger partial charge in [-0.15, -0.1) is 0 Å². The van der Waals surface area contributed by atoms with Gasteiger partial charge in [-0.05, 0) is 27.2 Å². The van der Waals surface area contributed by atoms with Crippen LogP contribution in [-0.2, 0) is 13.6 Å². The van der Waals surface area contributed by atoms with E-state index in [1.54, 1.807) is 0 Å². The van der Waals surface area contributed by atoms with Crippen LogP contribution in [0.5, 0.6) is 0 Å². The molecule has 0 aliphatic carbocycles. The number of rotatable bonds is 8. The van der Waals surface area contributed by atoms with Crippen LogP contribution in [0, 0.1) is 11.8 Å². The van der Waals surface area contributed by atoms with E-state index in [0.717, 1.165) is 6.92 Å². The average Bonchev–Trinajstić information content (AvgIpc) is 2.45. The minimum Gasteiger partial charge on any atom is -0.306 e. The molecule has 0 rings (SSSR count). The molecule has 3 nitrogen and oxygen atoms in total. The fraction of sp³-hybridized carbons (Fsp3) is 0.733. The van der Waals surface area contributed by atoms with Crippen LogP contribution in [0.3, 0.4) is 0 Å². The van der Waals surface area contributed by atoms with Gasteiger partial charge in [0.2, 0.25) is 0 Å². The van der Waals surface area contributed by atoms with Gasteiger partial charge in [-0.3, -0.25) is 4.57 Å². The number of allylic oxidation sites excluding steroid dienone is 2. The molecule has 0 aromatic carbocycles. The van der Waals surface area contributed by atoms with Crippen LogP contribution in [0.25, 0.3) is 0 Å². The van der Waals surface area contributed by atoms with Crippen LogP contribution in [0.4, 0.5) is 22.0 Å². The van der Waals surface area contributed by atoms with Gasteiger partial charge in [0.25, 0.3) is 0 Å². The van der Waals surface area contributed by atoms with E-state index in [1.165, 1.54) is 13.8 Å². The van der Waals surface area contributed by atoms with Gasteiger partial charge in [-0.1, -0.05) is 25.2 Å². The fourth-order valence-corrected chi connectivity index (χ4v) is 3.27. The highest BCUT2D eigenvalue weighted by Crippen LogP contribution is 2.59. The maximum Gasteiger partial charge on any atom is 0.458 e. The normalized spacial score (nSPS) is 14.0. The summed E-state index contributed by atoms with van der Waals surface area (Å²) in [4.78, 5) is 0. The summed E-state index contributed by atoms with van der Waals surface area (Å²) >= 11 is 0. The standard InChI is InChI=1S/C15H22F5O3P/c1-5-8-9-10-11-13(14(16,17)15(18,19)20)12(4)24(21,22-6-2)23-7-3/h5-9H2,1-4H3/b13-12-. The van der Waals surface area contributed by atoms with Gasteiger partial charge in [0.15, 0.2) is 0 Å². The van der Waals surface area contributed by atoms with Crippen molar-refractivity contribution >= 4 is 7.60 Å². The molecule has 0 radical (unpaired) electrons. The molecular formula is C15H22F5O3P. The molecule has 0 saturated heterocycles. The zero-order chi connectivity index (χ0) is 19.0. The Labute approximate surface area is 139 Å². The first kappa shape index (κ1) is 23.1. The lowest BCUT2D eigenvalue weighted by Crippen LogP contribution is -2.38. The predicted octanol–water partition coefficient (Wildman–Crippen LogP) is 5.92. The van der Waals surface area contributed by atoms with Crippen molar-refractivity contribution in [1.29, 1.82) is 0 Å². The summed E-state index contributed by atoms with van der Waals surface area (Å²) in [5.41, 5.74) is -1.57. The van der Waals surface area contributed by atoms with E-state index >= 15 is 0 Å². The molecule has 0 aromatic rings. The summed E-state index contributed by atoms with van der Waals surface area (Å²) in [6.07, 6.45) is -4.47. The monoisotopic (exact) mass is 376 g/mol. The summed E-state index contributed by atoms with van der Waals surface area (Å²) in [6.45, 7) is 5.19. The minimum absolute atomic E-state index is 0.148. The number of hydrogen-bond donors (Lipinski definition) is 0. The first-order valence-electron chi connectivity index (χ1n) is 7.52. The van der Waals surface area contributed by atoms with Crippen molar-refractivity contribution in [2.75, 3.05) is 13.2 Å². The highest BCUT2D eigenvalue weighted by Gasteiger charge is 2.61. The van der Waals surface area contributed by atoms with E-state index in [1.807, 2.05) is 12.8 Å². The quantitative estimate of drug-likeness (QED) is 0.228. The summed E-state index contributed by atoms with van der Waals surface area (Å²) in [7, 11) is -4.29. The highest BCUT2D eigenvalue weighted by atomic mass is 31.2. The molecule has 0 aliphatic heterocycles. The number of halogens is 5. The van der Waals surface area contributed by atoms with Crippen LogP contribution in [-0.4, -0.2) is 25.3 Å². The maximum absolute atomic E-state index is 13.8. The van der Waals surface area contributed by atoms with Crippen molar-refractivity contribution in [2.24, 2.45) is 0 Å². The molecule has 0 aromatic heterocycles. The Morgan fingerprint density at radius 2 is 1.54 bits per heavy atom. The molecule has 0 unspecified atom stereocenters. The van der Waals surface area contributed by atoms with Gasteiger partial charge in [0.1, 0.15) is 0 Å². The lowest BCUT2D eigenvalue weighted by atomic mass is 10.1. The molecule has 0 saturated carbocycles. The second-order valence-corrected chi connectivity index (χ2v) is 6.95. The Morgan fingerprint density at radius 1 is 1.04 bits per heavy atom. The Hall–Kier alpha value is -0.900. The minimum atomic E-state index is -5.87. The van der Waals surface area contributed by atoms with Gasteiger partial charge in [-0.25, -0.2) is 0 Å². The van der Waals surface area contributed by atoms with Crippen LogP contribution < -0.4 is 0 Å². The molecular weight excluding hydrogens is 354 g/mol. The van der Waals surface area contributed by atoms with E-state index in [4.69, 9.17) is 9.05 Å². The van der Waals surface area contributed by atoms with Crippen LogP contribution in [0.15, 0.2) is 10.9 Å². The van der Waals surface area contributed by atoms with E-state index in [2.05, 4.69) is 5.92 Å². The molecule has 0 atom stereocenters. The second kappa shape index (κ2) is 9.55. The SMILES string of the molecule is CCCCC#C/C(=C(\C)P(=O)(OCC)OCC)C(F)(F)C(F)(F)F. The van der Waals surface area contributed by atoms with Crippen molar-refractivity contribution in [3.05, 3.63) is 10.9 Å². The van der Waals surface area contributed by atoms with E-state index in [-0.39, 0.29) is 19.6 Å². The van der Waals surface area contributed by atoms with Gasteiger partial charge >= 0.3 is 19.7 Å². The number of unbranched alkanes of at least 4 members (excludes halogenated alkanes) is 2. The lowest BCUT2D eigenvalue weighted by Gasteiger charge is -2.24. The Bertz CT molecular complexity index is 534. The summed E-state index contributed by atoms with van der Waals surface area (Å²) < 4.78 is 88.2. The lowest BCUT2D eigenvalue weighted by molar-refractivity contribution is -0.262. The topological polar surface area (TPSA) is 35.5 Å². The number of hydrogen-bond acceptors (Lipinski definition) is 3.